The summed E-state index contributed by atoms with van der Waals surface area (Å²) in [5, 5.41) is 12.9. The first-order chi connectivity index (χ1) is 13.8. The number of ether oxygens (including phenoxy) is 1. The Labute approximate surface area is 164 Å². The van der Waals surface area contributed by atoms with Crippen LogP contribution in [0.25, 0.3) is 0 Å². The summed E-state index contributed by atoms with van der Waals surface area (Å²) < 4.78 is 45.3. The first-order valence-corrected chi connectivity index (χ1v) is 8.94. The molecule has 1 aliphatic heterocycles. The number of carbonyl (C=O) groups is 2. The minimum atomic E-state index is -2.42. The number of rotatable bonds is 5. The number of alkyl carbamates (subject to hydrolysis) is 1. The zero-order valence-corrected chi connectivity index (χ0v) is 15.3. The van der Waals surface area contributed by atoms with E-state index >= 15 is 0 Å². The molecule has 1 atom stereocenters. The molecule has 0 aromatic heterocycles. The standard InChI is InChI=1S/C20H19F3N2O4/c21-15-6-1-4-13(10-15)11-24-19(27)29-20(28)8-3-9-25(18(20)26)12-14-5-2-7-16(22)17(14)23/h1-2,4-7,10,28H,3,8-9,11-12H2,(H,24,27)/t20-/m0/s1. The Bertz CT molecular complexity index is 924. The summed E-state index contributed by atoms with van der Waals surface area (Å²) in [5.41, 5.74) is 0.408. The molecule has 2 N–H and O–H groups in total. The SMILES string of the molecule is O=C(NCc1cccc(F)c1)O[C@@]1(O)CCCN(Cc2cccc(F)c2F)C1=O. The fourth-order valence-electron chi connectivity index (χ4n) is 3.10. The monoisotopic (exact) mass is 408 g/mol. The third-order valence-electron chi connectivity index (χ3n) is 4.55. The lowest BCUT2D eigenvalue weighted by molar-refractivity contribution is -0.206. The van der Waals surface area contributed by atoms with Crippen LogP contribution in [-0.2, 0) is 22.6 Å². The molecule has 1 fully saturated rings. The molecule has 0 spiro atoms. The number of hydrogen-bond acceptors (Lipinski definition) is 4. The third-order valence-corrected chi connectivity index (χ3v) is 4.55. The van der Waals surface area contributed by atoms with Gasteiger partial charge in [-0.1, -0.05) is 24.3 Å². The summed E-state index contributed by atoms with van der Waals surface area (Å²) in [6, 6.07) is 9.12. The van der Waals surface area contributed by atoms with Crippen LogP contribution in [0.2, 0.25) is 0 Å². The van der Waals surface area contributed by atoms with E-state index in [9.17, 15) is 27.9 Å². The first kappa shape index (κ1) is 20.7. The molecule has 0 bridgehead atoms. The van der Waals surface area contributed by atoms with Gasteiger partial charge in [-0.05, 0) is 30.2 Å². The van der Waals surface area contributed by atoms with Crippen molar-refractivity contribution in [1.82, 2.24) is 10.2 Å². The van der Waals surface area contributed by atoms with Crippen molar-refractivity contribution in [2.45, 2.75) is 31.7 Å². The van der Waals surface area contributed by atoms with Crippen molar-refractivity contribution in [2.75, 3.05) is 6.54 Å². The summed E-state index contributed by atoms with van der Waals surface area (Å²) in [4.78, 5) is 25.7. The number of piperidine rings is 1. The first-order valence-electron chi connectivity index (χ1n) is 8.94. The Balaban J connectivity index is 1.63. The van der Waals surface area contributed by atoms with Crippen LogP contribution in [0.1, 0.15) is 24.0 Å². The molecule has 0 unspecified atom stereocenters. The number of halogens is 3. The summed E-state index contributed by atoms with van der Waals surface area (Å²) in [6.45, 7) is -0.163. The number of nitrogens with zero attached hydrogens (tertiary/aromatic N) is 1. The van der Waals surface area contributed by atoms with Crippen LogP contribution in [0, 0.1) is 17.5 Å². The molecule has 2 aromatic rings. The van der Waals surface area contributed by atoms with E-state index in [0.29, 0.717) is 5.56 Å². The zero-order chi connectivity index (χ0) is 21.0. The van der Waals surface area contributed by atoms with Crippen LogP contribution < -0.4 is 5.32 Å². The van der Waals surface area contributed by atoms with Gasteiger partial charge in [0.25, 0.3) is 11.7 Å². The number of benzene rings is 2. The smallest absolute Gasteiger partial charge is 0.407 e. The second-order valence-electron chi connectivity index (χ2n) is 6.70. The summed E-state index contributed by atoms with van der Waals surface area (Å²) >= 11 is 0. The predicted molar refractivity (Wildman–Crippen MR) is 95.7 cm³/mol. The minimum Gasteiger partial charge on any atom is -0.407 e. The molecule has 1 saturated heterocycles. The van der Waals surface area contributed by atoms with Crippen LogP contribution in [0.3, 0.4) is 0 Å². The Morgan fingerprint density at radius 1 is 1.21 bits per heavy atom. The molecular weight excluding hydrogens is 389 g/mol. The van der Waals surface area contributed by atoms with Crippen molar-refractivity contribution >= 4 is 12.0 Å². The zero-order valence-electron chi connectivity index (χ0n) is 15.3. The topological polar surface area (TPSA) is 78.9 Å². The number of hydrogen-bond donors (Lipinski definition) is 2. The number of amides is 2. The van der Waals surface area contributed by atoms with Gasteiger partial charge in [-0.25, -0.2) is 18.0 Å². The van der Waals surface area contributed by atoms with Crippen molar-refractivity contribution in [2.24, 2.45) is 0 Å². The third kappa shape index (κ3) is 4.86. The molecule has 0 radical (unpaired) electrons. The molecule has 9 heteroatoms. The average Bonchev–Trinajstić information content (AvgIpc) is 2.67. The van der Waals surface area contributed by atoms with Crippen molar-refractivity contribution < 1.29 is 32.6 Å². The highest BCUT2D eigenvalue weighted by Gasteiger charge is 2.46. The predicted octanol–water partition coefficient (Wildman–Crippen LogP) is 2.84. The molecule has 1 heterocycles. The van der Waals surface area contributed by atoms with E-state index in [-0.39, 0.29) is 38.0 Å². The fourth-order valence-corrected chi connectivity index (χ4v) is 3.10. The Kier molecular flexibility index (Phi) is 6.07. The maximum absolute atomic E-state index is 13.9. The Morgan fingerprint density at radius 2 is 1.97 bits per heavy atom. The Hall–Kier alpha value is -3.07. The lowest BCUT2D eigenvalue weighted by atomic mass is 10.0. The van der Waals surface area contributed by atoms with Gasteiger partial charge in [-0.15, -0.1) is 0 Å². The molecule has 0 aliphatic carbocycles. The van der Waals surface area contributed by atoms with Gasteiger partial charge in [0, 0.05) is 31.6 Å². The second kappa shape index (κ2) is 8.52. The van der Waals surface area contributed by atoms with Gasteiger partial charge in [-0.2, -0.15) is 0 Å². The van der Waals surface area contributed by atoms with Gasteiger partial charge in [0.2, 0.25) is 0 Å². The van der Waals surface area contributed by atoms with Gasteiger partial charge in [0.15, 0.2) is 11.6 Å². The van der Waals surface area contributed by atoms with Gasteiger partial charge in [-0.3, -0.25) is 4.79 Å². The lowest BCUT2D eigenvalue weighted by Gasteiger charge is -2.37. The number of carbonyl (C=O) groups excluding carboxylic acids is 2. The molecule has 1 aliphatic rings. The molecule has 2 aromatic carbocycles. The summed E-state index contributed by atoms with van der Waals surface area (Å²) in [7, 11) is 0. The molecule has 29 heavy (non-hydrogen) atoms. The minimum absolute atomic E-state index is 0.0573. The molecular formula is C20H19F3N2O4. The summed E-state index contributed by atoms with van der Waals surface area (Å²) in [6.07, 6.45) is -0.915. The molecule has 2 amide bonds. The number of nitrogens with one attached hydrogen (secondary N) is 1. The van der Waals surface area contributed by atoms with Gasteiger partial charge in [0.05, 0.1) is 0 Å². The second-order valence-corrected chi connectivity index (χ2v) is 6.70. The van der Waals surface area contributed by atoms with E-state index in [4.69, 9.17) is 4.74 Å². The molecule has 0 saturated carbocycles. The van der Waals surface area contributed by atoms with E-state index < -0.39 is 35.2 Å². The van der Waals surface area contributed by atoms with Crippen LogP contribution in [0.4, 0.5) is 18.0 Å². The maximum atomic E-state index is 13.9. The van der Waals surface area contributed by atoms with Gasteiger partial charge >= 0.3 is 6.09 Å². The normalized spacial score (nSPS) is 19.2. The molecule has 6 nitrogen and oxygen atoms in total. The van der Waals surface area contributed by atoms with Crippen LogP contribution in [0.15, 0.2) is 42.5 Å². The van der Waals surface area contributed by atoms with E-state index in [1.165, 1.54) is 30.3 Å². The Morgan fingerprint density at radius 3 is 2.72 bits per heavy atom. The quantitative estimate of drug-likeness (QED) is 0.746. The largest absolute Gasteiger partial charge is 0.410 e. The van der Waals surface area contributed by atoms with Crippen LogP contribution in [0.5, 0.6) is 0 Å². The highest BCUT2D eigenvalue weighted by molar-refractivity contribution is 5.86. The fraction of sp³-hybridized carbons (Fsp3) is 0.300. The van der Waals surface area contributed by atoms with Crippen LogP contribution >= 0.6 is 0 Å². The molecule has 3 rings (SSSR count). The lowest BCUT2D eigenvalue weighted by Crippen LogP contribution is -2.56. The van der Waals surface area contributed by atoms with E-state index in [0.717, 1.165) is 11.0 Å². The number of likely N-dealkylation sites (tertiary alicyclic amines) is 1. The highest BCUT2D eigenvalue weighted by atomic mass is 19.2. The van der Waals surface area contributed by atoms with Gasteiger partial charge in [0.1, 0.15) is 5.82 Å². The van der Waals surface area contributed by atoms with E-state index in [1.807, 2.05) is 0 Å². The van der Waals surface area contributed by atoms with E-state index in [1.54, 1.807) is 6.07 Å². The van der Waals surface area contributed by atoms with Crippen molar-refractivity contribution in [3.63, 3.8) is 0 Å². The molecule has 154 valence electrons. The van der Waals surface area contributed by atoms with Crippen LogP contribution in [-0.4, -0.2) is 34.3 Å². The van der Waals surface area contributed by atoms with E-state index in [2.05, 4.69) is 5.32 Å². The number of aliphatic hydroxyl groups is 1. The average molecular weight is 408 g/mol. The van der Waals surface area contributed by atoms with Crippen molar-refractivity contribution in [1.29, 1.82) is 0 Å². The van der Waals surface area contributed by atoms with Crippen molar-refractivity contribution in [3.05, 3.63) is 71.0 Å². The van der Waals surface area contributed by atoms with Gasteiger partial charge < -0.3 is 20.1 Å². The summed E-state index contributed by atoms with van der Waals surface area (Å²) in [5.74, 6) is -5.95. The highest BCUT2D eigenvalue weighted by Crippen LogP contribution is 2.26. The maximum Gasteiger partial charge on any atom is 0.410 e. The van der Waals surface area contributed by atoms with Crippen molar-refractivity contribution in [3.8, 4) is 0 Å².